The molecule has 4 N–H and O–H groups in total. The zero-order chi connectivity index (χ0) is 14.4. The third kappa shape index (κ3) is 4.53. The third-order valence-electron chi connectivity index (χ3n) is 2.58. The maximum absolute atomic E-state index is 11.8. The second kappa shape index (κ2) is 7.10. The Kier molecular flexibility index (Phi) is 5.78. The molecule has 1 heterocycles. The van der Waals surface area contributed by atoms with Crippen LogP contribution in [-0.2, 0) is 11.3 Å². The first kappa shape index (κ1) is 15.5. The smallest absolute Gasteiger partial charge is 0.247 e. The molecular weight excluding hydrogens is 264 g/mol. The second-order valence-electron chi connectivity index (χ2n) is 4.06. The fourth-order valence-corrected chi connectivity index (χ4v) is 1.58. The number of hydrogen-bond acceptors (Lipinski definition) is 6. The fraction of sp³-hybridized carbons (Fsp3) is 0.417. The molecule has 0 unspecified atom stereocenters. The summed E-state index contributed by atoms with van der Waals surface area (Å²) in [6.45, 7) is 3.61. The molecule has 104 valence electrons. The van der Waals surface area contributed by atoms with Crippen molar-refractivity contribution in [2.24, 2.45) is 0 Å². The lowest BCUT2D eigenvalue weighted by molar-refractivity contribution is -0.117. The minimum absolute atomic E-state index is 0.0395. The summed E-state index contributed by atoms with van der Waals surface area (Å²) in [5, 5.41) is 11.5. The number of nitrogens with one attached hydrogen (secondary N) is 1. The third-order valence-corrected chi connectivity index (χ3v) is 3.14. The quantitative estimate of drug-likeness (QED) is 0.467. The molecule has 0 fully saturated rings. The van der Waals surface area contributed by atoms with Gasteiger partial charge in [-0.2, -0.15) is 0 Å². The van der Waals surface area contributed by atoms with Crippen molar-refractivity contribution in [1.82, 2.24) is 15.3 Å². The summed E-state index contributed by atoms with van der Waals surface area (Å²) in [5.41, 5.74) is 6.87. The monoisotopic (exact) mass is 282 g/mol. The molecular formula is C12H18N4O2S. The van der Waals surface area contributed by atoms with E-state index in [1.165, 1.54) is 0 Å². The van der Waals surface area contributed by atoms with Gasteiger partial charge in [0.15, 0.2) is 0 Å². The number of aliphatic hydroxyl groups excluding tert-OH is 1. The van der Waals surface area contributed by atoms with Crippen LogP contribution < -0.4 is 11.1 Å². The minimum atomic E-state index is -0.251. The van der Waals surface area contributed by atoms with Crippen LogP contribution in [0.4, 0.5) is 5.82 Å². The summed E-state index contributed by atoms with van der Waals surface area (Å²) in [4.78, 5) is 20.4. The predicted molar refractivity (Wildman–Crippen MR) is 76.4 cm³/mol. The van der Waals surface area contributed by atoms with E-state index in [0.29, 0.717) is 34.1 Å². The average molecular weight is 282 g/mol. The van der Waals surface area contributed by atoms with Gasteiger partial charge in [0.1, 0.15) is 11.6 Å². The van der Waals surface area contributed by atoms with E-state index in [0.717, 1.165) is 0 Å². The molecule has 6 nitrogen and oxygen atoms in total. The van der Waals surface area contributed by atoms with Crippen LogP contribution in [0.3, 0.4) is 0 Å². The number of carbonyl (C=O) groups excluding carboxylic acids is 1. The molecule has 0 aliphatic carbocycles. The summed E-state index contributed by atoms with van der Waals surface area (Å²) in [6.07, 6.45) is 1.95. The highest BCUT2D eigenvalue weighted by molar-refractivity contribution is 7.84. The molecule has 0 aliphatic rings. The Hall–Kier alpha value is -1.60. The predicted octanol–water partition coefficient (Wildman–Crippen LogP) is 0.570. The van der Waals surface area contributed by atoms with Crippen molar-refractivity contribution in [2.75, 3.05) is 12.3 Å². The summed E-state index contributed by atoms with van der Waals surface area (Å²) < 4.78 is 0. The maximum atomic E-state index is 11.8. The number of rotatable bonds is 5. The van der Waals surface area contributed by atoms with Crippen molar-refractivity contribution < 1.29 is 9.90 Å². The highest BCUT2D eigenvalue weighted by atomic mass is 32.1. The van der Waals surface area contributed by atoms with Gasteiger partial charge in [0.2, 0.25) is 5.91 Å². The van der Waals surface area contributed by atoms with Gasteiger partial charge >= 0.3 is 0 Å². The Bertz CT molecular complexity index is 503. The van der Waals surface area contributed by atoms with E-state index < -0.39 is 0 Å². The van der Waals surface area contributed by atoms with Crippen molar-refractivity contribution in [2.45, 2.75) is 26.8 Å². The number of carbonyl (C=O) groups is 1. The largest absolute Gasteiger partial charge is 0.396 e. The average Bonchev–Trinajstić information content (AvgIpc) is 2.36. The van der Waals surface area contributed by atoms with E-state index in [1.807, 2.05) is 0 Å². The summed E-state index contributed by atoms with van der Waals surface area (Å²) in [5.74, 6) is 0.693. The number of aryl methyl sites for hydroxylation is 1. The van der Waals surface area contributed by atoms with Crippen LogP contribution in [-0.4, -0.2) is 27.6 Å². The lowest BCUT2D eigenvalue weighted by atomic mass is 10.2. The molecule has 0 saturated carbocycles. The second-order valence-corrected chi connectivity index (χ2v) is 4.60. The number of aromatic nitrogens is 2. The Labute approximate surface area is 117 Å². The number of anilines is 1. The first-order chi connectivity index (χ1) is 8.95. The van der Waals surface area contributed by atoms with E-state index in [9.17, 15) is 4.79 Å². The highest BCUT2D eigenvalue weighted by Crippen LogP contribution is 2.13. The molecule has 0 spiro atoms. The number of amides is 1. The van der Waals surface area contributed by atoms with Crippen molar-refractivity contribution in [3.63, 3.8) is 0 Å². The number of nitrogens with two attached hydrogens (primary N) is 1. The van der Waals surface area contributed by atoms with Gasteiger partial charge in [-0.15, -0.1) is 12.6 Å². The van der Waals surface area contributed by atoms with Gasteiger partial charge in [-0.1, -0.05) is 0 Å². The van der Waals surface area contributed by atoms with Crippen LogP contribution >= 0.6 is 12.6 Å². The lowest BCUT2D eigenvalue weighted by Crippen LogP contribution is -2.25. The number of nitrogen functional groups attached to an aromatic ring is 1. The molecule has 0 radical (unpaired) electrons. The molecule has 0 aromatic carbocycles. The summed E-state index contributed by atoms with van der Waals surface area (Å²) >= 11 is 4.17. The normalized spacial score (nSPS) is 12.0. The van der Waals surface area contributed by atoms with E-state index in [4.69, 9.17) is 10.8 Å². The zero-order valence-corrected chi connectivity index (χ0v) is 11.9. The van der Waals surface area contributed by atoms with E-state index >= 15 is 0 Å². The number of thiol groups is 1. The molecule has 0 saturated heterocycles. The van der Waals surface area contributed by atoms with E-state index in [2.05, 4.69) is 27.9 Å². The van der Waals surface area contributed by atoms with Crippen molar-refractivity contribution in [3.05, 3.63) is 28.1 Å². The van der Waals surface area contributed by atoms with Gasteiger partial charge < -0.3 is 16.2 Å². The van der Waals surface area contributed by atoms with Crippen molar-refractivity contribution in [1.29, 1.82) is 0 Å². The van der Waals surface area contributed by atoms with Crippen molar-refractivity contribution >= 4 is 24.4 Å². The Morgan fingerprint density at radius 1 is 1.58 bits per heavy atom. The standard InChI is InChI=1S/C12H18N4O2S/c1-7(10(19)3-4-17)12(18)15-6-9-5-14-8(2)16-11(9)13/h5,17,19H,3-4,6H2,1-2H3,(H,15,18)(H2,13,14,16)/b10-7-. The molecule has 1 aromatic heterocycles. The molecule has 0 aliphatic heterocycles. The van der Waals surface area contributed by atoms with Crippen LogP contribution in [0.25, 0.3) is 0 Å². The van der Waals surface area contributed by atoms with Gasteiger partial charge in [0.25, 0.3) is 0 Å². The Balaban J connectivity index is 2.66. The first-order valence-corrected chi connectivity index (χ1v) is 6.26. The summed E-state index contributed by atoms with van der Waals surface area (Å²) in [7, 11) is 0. The Morgan fingerprint density at radius 2 is 2.26 bits per heavy atom. The molecule has 1 amide bonds. The first-order valence-electron chi connectivity index (χ1n) is 5.81. The van der Waals surface area contributed by atoms with Crippen molar-refractivity contribution in [3.8, 4) is 0 Å². The van der Waals surface area contributed by atoms with E-state index in [1.54, 1.807) is 20.0 Å². The zero-order valence-electron chi connectivity index (χ0n) is 11.0. The lowest BCUT2D eigenvalue weighted by Gasteiger charge is -2.09. The van der Waals surface area contributed by atoms with Gasteiger partial charge in [-0.05, 0) is 18.8 Å². The molecule has 19 heavy (non-hydrogen) atoms. The van der Waals surface area contributed by atoms with Crippen LogP contribution in [0.15, 0.2) is 16.7 Å². The van der Waals surface area contributed by atoms with Gasteiger partial charge in [-0.3, -0.25) is 4.79 Å². The highest BCUT2D eigenvalue weighted by Gasteiger charge is 2.09. The SMILES string of the molecule is C/C(C(=O)NCc1cnc(C)nc1N)=C(/S)CCO. The van der Waals surface area contributed by atoms with Gasteiger partial charge in [-0.25, -0.2) is 9.97 Å². The van der Waals surface area contributed by atoms with Crippen LogP contribution in [0.1, 0.15) is 24.7 Å². The molecule has 0 bridgehead atoms. The molecule has 1 aromatic rings. The van der Waals surface area contributed by atoms with Crippen LogP contribution in [0, 0.1) is 6.92 Å². The van der Waals surface area contributed by atoms with Gasteiger partial charge in [0.05, 0.1) is 0 Å². The number of hydrogen-bond donors (Lipinski definition) is 4. The minimum Gasteiger partial charge on any atom is -0.396 e. The molecule has 0 atom stereocenters. The topological polar surface area (TPSA) is 101 Å². The van der Waals surface area contributed by atoms with E-state index in [-0.39, 0.29) is 19.1 Å². The maximum Gasteiger partial charge on any atom is 0.247 e. The Morgan fingerprint density at radius 3 is 2.84 bits per heavy atom. The summed E-state index contributed by atoms with van der Waals surface area (Å²) in [6, 6.07) is 0. The van der Waals surface area contributed by atoms with Crippen LogP contribution in [0.5, 0.6) is 0 Å². The number of nitrogens with zero attached hydrogens (tertiary/aromatic N) is 2. The number of aliphatic hydroxyl groups is 1. The molecule has 1 rings (SSSR count). The fourth-order valence-electron chi connectivity index (χ4n) is 1.38. The van der Waals surface area contributed by atoms with Crippen LogP contribution in [0.2, 0.25) is 0 Å². The van der Waals surface area contributed by atoms with Gasteiger partial charge in [0, 0.05) is 36.9 Å². The molecule has 7 heteroatoms.